The third kappa shape index (κ3) is 5.24. The van der Waals surface area contributed by atoms with Crippen molar-refractivity contribution in [2.24, 2.45) is 11.5 Å². The van der Waals surface area contributed by atoms with E-state index in [4.69, 9.17) is 23.7 Å². The molecule has 8 heteroatoms. The first-order valence-electron chi connectivity index (χ1n) is 5.88. The van der Waals surface area contributed by atoms with Crippen LogP contribution in [-0.4, -0.2) is 25.4 Å². The van der Waals surface area contributed by atoms with Crippen molar-refractivity contribution in [3.8, 4) is 0 Å². The number of nitrogens with two attached hydrogens (primary N) is 2. The quantitative estimate of drug-likeness (QED) is 0.615. The van der Waals surface area contributed by atoms with E-state index in [1.165, 1.54) is 12.1 Å². The van der Waals surface area contributed by atoms with Crippen molar-refractivity contribution >= 4 is 33.1 Å². The molecule has 110 valence electrons. The van der Waals surface area contributed by atoms with Crippen LogP contribution >= 0.6 is 12.2 Å². The lowest BCUT2D eigenvalue weighted by molar-refractivity contribution is -0.118. The highest BCUT2D eigenvalue weighted by Crippen LogP contribution is 2.12. The molecule has 0 aliphatic rings. The van der Waals surface area contributed by atoms with Gasteiger partial charge in [-0.2, -0.15) is 0 Å². The highest BCUT2D eigenvalue weighted by molar-refractivity contribution is 7.89. The Morgan fingerprint density at radius 3 is 2.30 bits per heavy atom. The first-order valence-corrected chi connectivity index (χ1v) is 7.77. The van der Waals surface area contributed by atoms with Crippen LogP contribution < -0.4 is 16.2 Å². The maximum absolute atomic E-state index is 12.0. The van der Waals surface area contributed by atoms with Gasteiger partial charge in [-0.25, -0.2) is 13.1 Å². The molecule has 0 aliphatic heterocycles. The van der Waals surface area contributed by atoms with Gasteiger partial charge in [-0.1, -0.05) is 24.4 Å². The number of hydrogen-bond donors (Lipinski definition) is 3. The number of nitrogens with one attached hydrogen (secondary N) is 1. The Morgan fingerprint density at radius 2 is 1.85 bits per heavy atom. The average Bonchev–Trinajstić information content (AvgIpc) is 2.26. The van der Waals surface area contributed by atoms with Crippen LogP contribution in [0.5, 0.6) is 0 Å². The van der Waals surface area contributed by atoms with Gasteiger partial charge in [0, 0.05) is 18.9 Å². The van der Waals surface area contributed by atoms with E-state index in [-0.39, 0.29) is 11.3 Å². The number of benzene rings is 1. The van der Waals surface area contributed by atoms with Gasteiger partial charge in [0.15, 0.2) is 0 Å². The number of primary amides is 1. The third-order valence-electron chi connectivity index (χ3n) is 2.48. The maximum Gasteiger partial charge on any atom is 0.240 e. The lowest BCUT2D eigenvalue weighted by Crippen LogP contribution is -2.35. The number of thiocarbonyl (C=S) groups is 1. The van der Waals surface area contributed by atoms with E-state index in [0.29, 0.717) is 11.4 Å². The Kier molecular flexibility index (Phi) is 5.61. The Hall–Kier alpha value is -1.51. The zero-order chi connectivity index (χ0) is 15.3. The molecule has 0 saturated heterocycles. The number of sulfonamides is 1. The molecule has 1 aromatic rings. The lowest BCUT2D eigenvalue weighted by atomic mass is 10.1. The topological polar surface area (TPSA) is 115 Å². The molecule has 0 radical (unpaired) electrons. The molecule has 1 amide bonds. The first-order chi connectivity index (χ1) is 9.20. The second-order valence-electron chi connectivity index (χ2n) is 4.48. The van der Waals surface area contributed by atoms with E-state index in [1.807, 2.05) is 0 Å². The molecular formula is C12H17N3O3S2. The summed E-state index contributed by atoms with van der Waals surface area (Å²) in [5.41, 5.74) is 11.3. The monoisotopic (exact) mass is 315 g/mol. The average molecular weight is 315 g/mol. The van der Waals surface area contributed by atoms with E-state index in [1.54, 1.807) is 19.1 Å². The highest BCUT2D eigenvalue weighted by atomic mass is 32.2. The lowest BCUT2D eigenvalue weighted by Gasteiger charge is -2.12. The van der Waals surface area contributed by atoms with Crippen molar-refractivity contribution in [3.05, 3.63) is 29.8 Å². The van der Waals surface area contributed by atoms with Crippen molar-refractivity contribution in [2.75, 3.05) is 0 Å². The maximum atomic E-state index is 12.0. The third-order valence-corrected chi connectivity index (χ3v) is 4.23. The molecule has 1 atom stereocenters. The summed E-state index contributed by atoms with van der Waals surface area (Å²) in [5.74, 6) is -0.563. The Bertz CT molecular complexity index is 597. The van der Waals surface area contributed by atoms with E-state index in [2.05, 4.69) is 4.72 Å². The molecule has 1 rings (SSSR count). The molecule has 0 aliphatic carbocycles. The van der Waals surface area contributed by atoms with Gasteiger partial charge in [0.2, 0.25) is 15.9 Å². The summed E-state index contributed by atoms with van der Waals surface area (Å²) in [6.45, 7) is 1.57. The molecule has 6 nitrogen and oxygen atoms in total. The summed E-state index contributed by atoms with van der Waals surface area (Å²) in [5, 5.41) is 0. The standard InChI is InChI=1S/C12H17N3O3S2/c1-8(6-11(13)16)15-20(17,18)10-4-2-9(3-5-10)7-12(14)19/h2-5,8,15H,6-7H2,1H3,(H2,13,16)(H2,14,19). The van der Waals surface area contributed by atoms with Gasteiger partial charge in [-0.15, -0.1) is 0 Å². The minimum absolute atomic E-state index is 0.0568. The minimum atomic E-state index is -3.67. The van der Waals surface area contributed by atoms with Crippen molar-refractivity contribution < 1.29 is 13.2 Å². The molecule has 0 aromatic heterocycles. The molecular weight excluding hydrogens is 298 g/mol. The fourth-order valence-corrected chi connectivity index (χ4v) is 3.07. The fraction of sp³-hybridized carbons (Fsp3) is 0.333. The zero-order valence-electron chi connectivity index (χ0n) is 11.0. The van der Waals surface area contributed by atoms with Gasteiger partial charge < -0.3 is 11.5 Å². The van der Waals surface area contributed by atoms with Crippen LogP contribution in [0, 0.1) is 0 Å². The van der Waals surface area contributed by atoms with Crippen LogP contribution in [0.2, 0.25) is 0 Å². The van der Waals surface area contributed by atoms with Crippen molar-refractivity contribution in [2.45, 2.75) is 30.7 Å². The highest BCUT2D eigenvalue weighted by Gasteiger charge is 2.18. The molecule has 0 bridgehead atoms. The number of carbonyl (C=O) groups is 1. The Labute approximate surface area is 123 Å². The van der Waals surface area contributed by atoms with Gasteiger partial charge >= 0.3 is 0 Å². The van der Waals surface area contributed by atoms with Crippen LogP contribution in [0.4, 0.5) is 0 Å². The minimum Gasteiger partial charge on any atom is -0.393 e. The van der Waals surface area contributed by atoms with Gasteiger partial charge in [0.05, 0.1) is 9.88 Å². The molecule has 0 saturated carbocycles. The first kappa shape index (κ1) is 16.5. The predicted molar refractivity (Wildman–Crippen MR) is 80.5 cm³/mol. The zero-order valence-corrected chi connectivity index (χ0v) is 12.6. The summed E-state index contributed by atoms with van der Waals surface area (Å²) in [4.78, 5) is 11.2. The van der Waals surface area contributed by atoms with Gasteiger partial charge in [-0.3, -0.25) is 4.79 Å². The summed E-state index contributed by atoms with van der Waals surface area (Å²) < 4.78 is 26.5. The van der Waals surface area contributed by atoms with E-state index >= 15 is 0 Å². The molecule has 1 unspecified atom stereocenters. The smallest absolute Gasteiger partial charge is 0.240 e. The van der Waals surface area contributed by atoms with Crippen molar-refractivity contribution in [3.63, 3.8) is 0 Å². The number of hydrogen-bond acceptors (Lipinski definition) is 4. The molecule has 0 spiro atoms. The summed E-state index contributed by atoms with van der Waals surface area (Å²) in [6, 6.07) is 5.66. The van der Waals surface area contributed by atoms with E-state index in [9.17, 15) is 13.2 Å². The Morgan fingerprint density at radius 1 is 1.30 bits per heavy atom. The number of rotatable bonds is 7. The largest absolute Gasteiger partial charge is 0.393 e. The van der Waals surface area contributed by atoms with Crippen LogP contribution in [0.1, 0.15) is 18.9 Å². The van der Waals surface area contributed by atoms with Gasteiger partial charge in [0.1, 0.15) is 0 Å². The fourth-order valence-electron chi connectivity index (χ4n) is 1.66. The summed E-state index contributed by atoms with van der Waals surface area (Å²) in [7, 11) is -3.67. The summed E-state index contributed by atoms with van der Waals surface area (Å²) in [6.07, 6.45) is 0.361. The van der Waals surface area contributed by atoms with Crippen LogP contribution in [-0.2, 0) is 21.2 Å². The summed E-state index contributed by atoms with van der Waals surface area (Å²) >= 11 is 4.78. The molecule has 0 fully saturated rings. The normalized spacial score (nSPS) is 12.8. The van der Waals surface area contributed by atoms with E-state index in [0.717, 1.165) is 5.56 Å². The van der Waals surface area contributed by atoms with Crippen LogP contribution in [0.3, 0.4) is 0 Å². The Balaban J connectivity index is 2.82. The molecule has 20 heavy (non-hydrogen) atoms. The number of carbonyl (C=O) groups excluding carboxylic acids is 1. The molecule has 1 aromatic carbocycles. The van der Waals surface area contributed by atoms with E-state index < -0.39 is 22.0 Å². The van der Waals surface area contributed by atoms with Crippen molar-refractivity contribution in [1.29, 1.82) is 0 Å². The van der Waals surface area contributed by atoms with Crippen molar-refractivity contribution in [1.82, 2.24) is 4.72 Å². The van der Waals surface area contributed by atoms with Crippen LogP contribution in [0.25, 0.3) is 0 Å². The van der Waals surface area contributed by atoms with Gasteiger partial charge in [-0.05, 0) is 24.6 Å². The molecule has 5 N–H and O–H groups in total. The number of amides is 1. The van der Waals surface area contributed by atoms with Gasteiger partial charge in [0.25, 0.3) is 0 Å². The second-order valence-corrected chi connectivity index (χ2v) is 6.72. The molecule has 0 heterocycles. The van der Waals surface area contributed by atoms with Crippen LogP contribution in [0.15, 0.2) is 29.2 Å². The second kappa shape index (κ2) is 6.78. The predicted octanol–water partition coefficient (Wildman–Crippen LogP) is 0.0574. The SMILES string of the molecule is CC(CC(N)=O)NS(=O)(=O)c1ccc(CC(N)=S)cc1.